The Morgan fingerprint density at radius 1 is 1.39 bits per heavy atom. The maximum atomic E-state index is 12.1. The molecule has 1 heterocycles. The molecule has 126 valence electrons. The van der Waals surface area contributed by atoms with Crippen LogP contribution in [0.5, 0.6) is 0 Å². The van der Waals surface area contributed by atoms with Crippen molar-refractivity contribution in [2.75, 3.05) is 0 Å². The Balaban J connectivity index is 2.65. The van der Waals surface area contributed by atoms with E-state index < -0.39 is 28.1 Å². The number of nitrogens with zero attached hydrogens (tertiary/aromatic N) is 2. The van der Waals surface area contributed by atoms with Crippen molar-refractivity contribution in [3.63, 3.8) is 0 Å². The van der Waals surface area contributed by atoms with Crippen molar-refractivity contribution in [3.8, 4) is 0 Å². The van der Waals surface area contributed by atoms with Crippen LogP contribution in [0, 0.1) is 16.0 Å². The number of thioether (sulfide) groups is 1. The van der Waals surface area contributed by atoms with Gasteiger partial charge in [-0.2, -0.15) is 0 Å². The van der Waals surface area contributed by atoms with Crippen LogP contribution in [-0.4, -0.2) is 38.2 Å². The molecule has 8 nitrogen and oxygen atoms in total. The second-order valence-corrected chi connectivity index (χ2v) is 6.76. The molecule has 1 aromatic rings. The lowest BCUT2D eigenvalue weighted by molar-refractivity contribution is -0.385. The zero-order valence-electron chi connectivity index (χ0n) is 13.1. The summed E-state index contributed by atoms with van der Waals surface area (Å²) in [6, 6.07) is 1.82. The minimum Gasteiger partial charge on any atom is -0.480 e. The maximum Gasteiger partial charge on any atom is 0.326 e. The summed E-state index contributed by atoms with van der Waals surface area (Å²) in [6.07, 6.45) is 1.46. The fourth-order valence-electron chi connectivity index (χ4n) is 1.77. The molecule has 0 aromatic carbocycles. The summed E-state index contributed by atoms with van der Waals surface area (Å²) in [7, 11) is 0. The number of rotatable bonds is 8. The molecular weight excluding hydrogens is 322 g/mol. The number of pyridine rings is 1. The van der Waals surface area contributed by atoms with Crippen LogP contribution in [0.15, 0.2) is 23.4 Å². The van der Waals surface area contributed by atoms with Crippen molar-refractivity contribution in [2.24, 2.45) is 5.92 Å². The number of carbonyl (C=O) groups is 2. The highest BCUT2D eigenvalue weighted by molar-refractivity contribution is 8.00. The molecule has 2 N–H and O–H groups in total. The number of hydrogen-bond donors (Lipinski definition) is 2. The van der Waals surface area contributed by atoms with E-state index in [4.69, 9.17) is 5.11 Å². The van der Waals surface area contributed by atoms with Crippen LogP contribution in [-0.2, 0) is 9.59 Å². The van der Waals surface area contributed by atoms with E-state index >= 15 is 0 Å². The van der Waals surface area contributed by atoms with Gasteiger partial charge in [0.25, 0.3) is 5.69 Å². The normalized spacial score (nSPS) is 13.4. The maximum absolute atomic E-state index is 12.1. The Morgan fingerprint density at radius 3 is 2.48 bits per heavy atom. The number of aromatic nitrogens is 1. The third-order valence-electron chi connectivity index (χ3n) is 2.92. The molecule has 0 spiro atoms. The molecule has 1 aromatic heterocycles. The standard InChI is InChI=1S/C14H19N3O5S/c1-8(2)6-11(14(19)20)16-13(18)9(3)23-12-5-4-10(7-15-12)17(21)22/h4-5,7-9,11H,6H2,1-3H3,(H,16,18)(H,19,20). The van der Waals surface area contributed by atoms with Crippen molar-refractivity contribution in [1.29, 1.82) is 0 Å². The summed E-state index contributed by atoms with van der Waals surface area (Å²) in [5.74, 6) is -1.35. The molecule has 0 aliphatic rings. The van der Waals surface area contributed by atoms with Crippen LogP contribution in [0.1, 0.15) is 27.2 Å². The fourth-order valence-corrected chi connectivity index (χ4v) is 2.56. The Kier molecular flexibility index (Phi) is 6.95. The predicted octanol–water partition coefficient (Wildman–Crippen LogP) is 2.09. The third-order valence-corrected chi connectivity index (χ3v) is 3.97. The number of aliphatic carboxylic acids is 1. The summed E-state index contributed by atoms with van der Waals surface area (Å²) in [5, 5.41) is 22.1. The quantitative estimate of drug-likeness (QED) is 0.421. The lowest BCUT2D eigenvalue weighted by atomic mass is 10.0. The van der Waals surface area contributed by atoms with Crippen LogP contribution < -0.4 is 5.32 Å². The molecule has 0 bridgehead atoms. The van der Waals surface area contributed by atoms with Gasteiger partial charge in [-0.05, 0) is 25.3 Å². The van der Waals surface area contributed by atoms with Crippen molar-refractivity contribution >= 4 is 29.3 Å². The molecule has 23 heavy (non-hydrogen) atoms. The highest BCUT2D eigenvalue weighted by Crippen LogP contribution is 2.23. The summed E-state index contributed by atoms with van der Waals surface area (Å²) in [4.78, 5) is 37.2. The van der Waals surface area contributed by atoms with Crippen LogP contribution in [0.4, 0.5) is 5.69 Å². The van der Waals surface area contributed by atoms with E-state index in [1.54, 1.807) is 6.92 Å². The average molecular weight is 341 g/mol. The van der Waals surface area contributed by atoms with Gasteiger partial charge in [0.15, 0.2) is 0 Å². The Labute approximate surface area is 137 Å². The second kappa shape index (κ2) is 8.47. The average Bonchev–Trinajstić information content (AvgIpc) is 2.46. The first-order valence-electron chi connectivity index (χ1n) is 7.01. The highest BCUT2D eigenvalue weighted by Gasteiger charge is 2.24. The number of carbonyl (C=O) groups excluding carboxylic acids is 1. The number of carboxylic acids is 1. The highest BCUT2D eigenvalue weighted by atomic mass is 32.2. The summed E-state index contributed by atoms with van der Waals surface area (Å²) < 4.78 is 0. The lowest BCUT2D eigenvalue weighted by Crippen LogP contribution is -2.44. The van der Waals surface area contributed by atoms with Crippen molar-refractivity contribution < 1.29 is 19.6 Å². The number of nitro groups is 1. The van der Waals surface area contributed by atoms with Gasteiger partial charge in [0.2, 0.25) is 5.91 Å². The minimum atomic E-state index is -1.07. The molecule has 2 unspecified atom stereocenters. The monoisotopic (exact) mass is 341 g/mol. The molecule has 0 fully saturated rings. The van der Waals surface area contributed by atoms with Crippen molar-refractivity contribution in [1.82, 2.24) is 10.3 Å². The number of hydrogen-bond acceptors (Lipinski definition) is 6. The number of nitrogens with one attached hydrogen (secondary N) is 1. The van der Waals surface area contributed by atoms with Crippen LogP contribution in [0.25, 0.3) is 0 Å². The predicted molar refractivity (Wildman–Crippen MR) is 85.2 cm³/mol. The van der Waals surface area contributed by atoms with Gasteiger partial charge in [-0.15, -0.1) is 0 Å². The third kappa shape index (κ3) is 6.23. The molecule has 1 rings (SSSR count). The first kappa shape index (κ1) is 18.9. The van der Waals surface area contributed by atoms with E-state index in [0.29, 0.717) is 11.4 Å². The lowest BCUT2D eigenvalue weighted by Gasteiger charge is -2.18. The topological polar surface area (TPSA) is 122 Å². The molecule has 0 radical (unpaired) electrons. The van der Waals surface area contributed by atoms with Crippen LogP contribution in [0.2, 0.25) is 0 Å². The summed E-state index contributed by atoms with van der Waals surface area (Å²) in [5.41, 5.74) is -0.130. The van der Waals surface area contributed by atoms with E-state index in [-0.39, 0.29) is 11.6 Å². The summed E-state index contributed by atoms with van der Waals surface area (Å²) >= 11 is 1.11. The zero-order valence-corrected chi connectivity index (χ0v) is 13.9. The van der Waals surface area contributed by atoms with Gasteiger partial charge in [-0.3, -0.25) is 14.9 Å². The first-order chi connectivity index (χ1) is 10.7. The Morgan fingerprint density at radius 2 is 2.04 bits per heavy atom. The van der Waals surface area contributed by atoms with E-state index in [9.17, 15) is 19.7 Å². The van der Waals surface area contributed by atoms with E-state index in [0.717, 1.165) is 18.0 Å². The van der Waals surface area contributed by atoms with Gasteiger partial charge < -0.3 is 10.4 Å². The van der Waals surface area contributed by atoms with Gasteiger partial charge in [0.05, 0.1) is 15.2 Å². The molecule has 2 atom stereocenters. The molecule has 0 aliphatic heterocycles. The Bertz CT molecular complexity index is 576. The van der Waals surface area contributed by atoms with Gasteiger partial charge in [-0.1, -0.05) is 25.6 Å². The molecule has 0 saturated carbocycles. The smallest absolute Gasteiger partial charge is 0.326 e. The SMILES string of the molecule is CC(C)CC(NC(=O)C(C)Sc1ccc([N+](=O)[O-])cn1)C(=O)O. The van der Waals surface area contributed by atoms with Crippen LogP contribution in [0.3, 0.4) is 0 Å². The Hall–Kier alpha value is -2.16. The van der Waals surface area contributed by atoms with Gasteiger partial charge in [0.1, 0.15) is 12.2 Å². The largest absolute Gasteiger partial charge is 0.480 e. The number of amides is 1. The first-order valence-corrected chi connectivity index (χ1v) is 7.89. The van der Waals surface area contributed by atoms with Gasteiger partial charge in [-0.25, -0.2) is 9.78 Å². The zero-order chi connectivity index (χ0) is 17.6. The van der Waals surface area contributed by atoms with E-state index in [1.165, 1.54) is 12.1 Å². The van der Waals surface area contributed by atoms with E-state index in [2.05, 4.69) is 10.3 Å². The molecule has 0 saturated heterocycles. The van der Waals surface area contributed by atoms with Gasteiger partial charge in [0, 0.05) is 6.07 Å². The molecule has 1 amide bonds. The van der Waals surface area contributed by atoms with Crippen molar-refractivity contribution in [2.45, 2.75) is 43.5 Å². The van der Waals surface area contributed by atoms with E-state index in [1.807, 2.05) is 13.8 Å². The number of carboxylic acid groups (broad SMARTS) is 1. The summed E-state index contributed by atoms with van der Waals surface area (Å²) in [6.45, 7) is 5.37. The molecule has 0 aliphatic carbocycles. The minimum absolute atomic E-state index is 0.130. The molecule has 9 heteroatoms. The molecular formula is C14H19N3O5S. The fraction of sp³-hybridized carbons (Fsp3) is 0.500. The van der Waals surface area contributed by atoms with Crippen LogP contribution >= 0.6 is 11.8 Å². The second-order valence-electron chi connectivity index (χ2n) is 5.40. The van der Waals surface area contributed by atoms with Crippen molar-refractivity contribution in [3.05, 3.63) is 28.4 Å². The van der Waals surface area contributed by atoms with Gasteiger partial charge >= 0.3 is 5.97 Å².